The van der Waals surface area contributed by atoms with Crippen molar-refractivity contribution in [2.75, 3.05) is 6.54 Å². The summed E-state index contributed by atoms with van der Waals surface area (Å²) in [6.07, 6.45) is 2.87. The highest BCUT2D eigenvalue weighted by Crippen LogP contribution is 2.30. The van der Waals surface area contributed by atoms with Crippen LogP contribution < -0.4 is 5.32 Å². The van der Waals surface area contributed by atoms with E-state index in [-0.39, 0.29) is 6.04 Å². The molecule has 0 aliphatic carbocycles. The predicted molar refractivity (Wildman–Crippen MR) is 75.2 cm³/mol. The van der Waals surface area contributed by atoms with Gasteiger partial charge < -0.3 is 5.32 Å². The van der Waals surface area contributed by atoms with Crippen LogP contribution in [-0.4, -0.2) is 21.5 Å². The average Bonchev–Trinajstić information content (AvgIpc) is 2.96. The molecule has 1 unspecified atom stereocenters. The van der Waals surface area contributed by atoms with Crippen molar-refractivity contribution in [3.63, 3.8) is 0 Å². The average molecular weight is 285 g/mol. The Hall–Kier alpha value is -0.910. The third kappa shape index (κ3) is 2.91. The first-order chi connectivity index (χ1) is 8.76. The van der Waals surface area contributed by atoms with E-state index < -0.39 is 0 Å². The smallest absolute Gasteiger partial charge is 0.0931 e. The maximum atomic E-state index is 6.02. The van der Waals surface area contributed by atoms with Crippen LogP contribution in [0.1, 0.15) is 36.9 Å². The van der Waals surface area contributed by atoms with Crippen LogP contribution in [-0.2, 0) is 6.54 Å². The molecule has 0 amide bonds. The van der Waals surface area contributed by atoms with Gasteiger partial charge >= 0.3 is 0 Å². The van der Waals surface area contributed by atoms with E-state index in [1.54, 1.807) is 11.3 Å². The van der Waals surface area contributed by atoms with E-state index in [1.165, 1.54) is 4.88 Å². The molecule has 0 aliphatic heterocycles. The molecule has 4 nitrogen and oxygen atoms in total. The zero-order valence-electron chi connectivity index (χ0n) is 10.6. The van der Waals surface area contributed by atoms with Crippen molar-refractivity contribution in [1.29, 1.82) is 0 Å². The van der Waals surface area contributed by atoms with Crippen LogP contribution in [0.15, 0.2) is 18.3 Å². The Morgan fingerprint density at radius 1 is 1.44 bits per heavy atom. The molecule has 0 saturated carbocycles. The molecule has 18 heavy (non-hydrogen) atoms. The number of rotatable bonds is 6. The number of thiophene rings is 1. The molecule has 98 valence electrons. The maximum Gasteiger partial charge on any atom is 0.0931 e. The van der Waals surface area contributed by atoms with E-state index in [0.29, 0.717) is 0 Å². The first kappa shape index (κ1) is 13.5. The van der Waals surface area contributed by atoms with Crippen LogP contribution in [0.5, 0.6) is 0 Å². The largest absolute Gasteiger partial charge is 0.305 e. The molecule has 6 heteroatoms. The molecule has 2 aromatic heterocycles. The highest BCUT2D eigenvalue weighted by atomic mass is 35.5. The standard InChI is InChI=1S/C12H17ClN4S/c1-3-7-17-9(8-15-16-17)12(14-4-2)10-5-6-11(13)18-10/h5-6,8,12,14H,3-4,7H2,1-2H3. The summed E-state index contributed by atoms with van der Waals surface area (Å²) in [5.41, 5.74) is 1.09. The van der Waals surface area contributed by atoms with Gasteiger partial charge in [-0.3, -0.25) is 0 Å². The fourth-order valence-electron chi connectivity index (χ4n) is 1.91. The minimum Gasteiger partial charge on any atom is -0.305 e. The van der Waals surface area contributed by atoms with Gasteiger partial charge in [-0.25, -0.2) is 4.68 Å². The molecule has 0 saturated heterocycles. The molecular weight excluding hydrogens is 268 g/mol. The van der Waals surface area contributed by atoms with E-state index in [1.807, 2.05) is 16.9 Å². The van der Waals surface area contributed by atoms with Gasteiger partial charge in [0.15, 0.2) is 0 Å². The van der Waals surface area contributed by atoms with E-state index in [2.05, 4.69) is 35.5 Å². The van der Waals surface area contributed by atoms with Crippen molar-refractivity contribution in [1.82, 2.24) is 20.3 Å². The van der Waals surface area contributed by atoms with Gasteiger partial charge in [-0.1, -0.05) is 30.7 Å². The molecule has 0 radical (unpaired) electrons. The second kappa shape index (κ2) is 6.31. The van der Waals surface area contributed by atoms with Crippen LogP contribution in [0, 0.1) is 0 Å². The number of nitrogens with zero attached hydrogens (tertiary/aromatic N) is 3. The Morgan fingerprint density at radius 3 is 2.89 bits per heavy atom. The Morgan fingerprint density at radius 2 is 2.28 bits per heavy atom. The molecule has 0 aromatic carbocycles. The normalized spacial score (nSPS) is 12.8. The Balaban J connectivity index is 2.31. The highest BCUT2D eigenvalue weighted by Gasteiger charge is 2.19. The van der Waals surface area contributed by atoms with Gasteiger partial charge in [-0.15, -0.1) is 16.4 Å². The molecule has 0 aliphatic rings. The summed E-state index contributed by atoms with van der Waals surface area (Å²) < 4.78 is 2.77. The fraction of sp³-hybridized carbons (Fsp3) is 0.500. The lowest BCUT2D eigenvalue weighted by Crippen LogP contribution is -2.24. The minimum absolute atomic E-state index is 0.119. The SMILES string of the molecule is CCCn1nncc1C(NCC)c1ccc(Cl)s1. The summed E-state index contributed by atoms with van der Waals surface area (Å²) in [7, 11) is 0. The summed E-state index contributed by atoms with van der Waals surface area (Å²) in [6.45, 7) is 6.00. The highest BCUT2D eigenvalue weighted by molar-refractivity contribution is 7.16. The van der Waals surface area contributed by atoms with Gasteiger partial charge in [0.1, 0.15) is 0 Å². The number of nitrogens with one attached hydrogen (secondary N) is 1. The van der Waals surface area contributed by atoms with E-state index in [9.17, 15) is 0 Å². The fourth-order valence-corrected chi connectivity index (χ4v) is 3.06. The number of hydrogen-bond acceptors (Lipinski definition) is 4. The first-order valence-corrected chi connectivity index (χ1v) is 7.32. The summed E-state index contributed by atoms with van der Waals surface area (Å²) in [6, 6.07) is 4.11. The van der Waals surface area contributed by atoms with Crippen molar-refractivity contribution in [3.05, 3.63) is 33.2 Å². The minimum atomic E-state index is 0.119. The molecule has 1 atom stereocenters. The van der Waals surface area contributed by atoms with Crippen molar-refractivity contribution >= 4 is 22.9 Å². The Kier molecular flexibility index (Phi) is 4.74. The molecule has 2 rings (SSSR count). The number of aromatic nitrogens is 3. The van der Waals surface area contributed by atoms with Gasteiger partial charge in [0.25, 0.3) is 0 Å². The van der Waals surface area contributed by atoms with Crippen molar-refractivity contribution in [3.8, 4) is 0 Å². The van der Waals surface area contributed by atoms with Crippen molar-refractivity contribution < 1.29 is 0 Å². The molecular formula is C12H17ClN4S. The topological polar surface area (TPSA) is 42.7 Å². The second-order valence-corrected chi connectivity index (χ2v) is 5.76. The summed E-state index contributed by atoms with van der Waals surface area (Å²) >= 11 is 7.61. The van der Waals surface area contributed by atoms with Gasteiger partial charge in [0.2, 0.25) is 0 Å². The quantitative estimate of drug-likeness (QED) is 0.886. The molecule has 2 heterocycles. The Labute approximate surface area is 116 Å². The first-order valence-electron chi connectivity index (χ1n) is 6.13. The second-order valence-electron chi connectivity index (χ2n) is 4.01. The maximum absolute atomic E-state index is 6.02. The Bertz CT molecular complexity index is 494. The van der Waals surface area contributed by atoms with Crippen molar-refractivity contribution in [2.24, 2.45) is 0 Å². The molecule has 0 fully saturated rings. The van der Waals surface area contributed by atoms with E-state index in [4.69, 9.17) is 11.6 Å². The van der Waals surface area contributed by atoms with Gasteiger partial charge in [-0.05, 0) is 25.1 Å². The zero-order chi connectivity index (χ0) is 13.0. The van der Waals surface area contributed by atoms with Gasteiger partial charge in [0, 0.05) is 11.4 Å². The van der Waals surface area contributed by atoms with Crippen LogP contribution in [0.25, 0.3) is 0 Å². The monoisotopic (exact) mass is 284 g/mol. The zero-order valence-corrected chi connectivity index (χ0v) is 12.1. The van der Waals surface area contributed by atoms with E-state index >= 15 is 0 Å². The lowest BCUT2D eigenvalue weighted by atomic mass is 10.2. The van der Waals surface area contributed by atoms with Crippen LogP contribution in [0.4, 0.5) is 0 Å². The lowest BCUT2D eigenvalue weighted by Gasteiger charge is -2.17. The number of halogens is 1. The predicted octanol–water partition coefficient (Wildman–Crippen LogP) is 3.10. The van der Waals surface area contributed by atoms with Crippen molar-refractivity contribution in [2.45, 2.75) is 32.9 Å². The molecule has 1 N–H and O–H groups in total. The number of aryl methyl sites for hydroxylation is 1. The number of hydrogen-bond donors (Lipinski definition) is 1. The van der Waals surface area contributed by atoms with Gasteiger partial charge in [-0.2, -0.15) is 0 Å². The molecule has 2 aromatic rings. The van der Waals surface area contributed by atoms with E-state index in [0.717, 1.165) is 29.5 Å². The summed E-state index contributed by atoms with van der Waals surface area (Å²) in [4.78, 5) is 1.20. The molecule has 0 bridgehead atoms. The van der Waals surface area contributed by atoms with Crippen LogP contribution in [0.3, 0.4) is 0 Å². The summed E-state index contributed by atoms with van der Waals surface area (Å²) in [5.74, 6) is 0. The van der Waals surface area contributed by atoms with Crippen LogP contribution >= 0.6 is 22.9 Å². The molecule has 0 spiro atoms. The third-order valence-electron chi connectivity index (χ3n) is 2.67. The summed E-state index contributed by atoms with van der Waals surface area (Å²) in [5, 5.41) is 11.6. The third-order valence-corrected chi connectivity index (χ3v) is 3.96. The van der Waals surface area contributed by atoms with Crippen LogP contribution in [0.2, 0.25) is 4.34 Å². The van der Waals surface area contributed by atoms with Gasteiger partial charge in [0.05, 0.1) is 22.3 Å². The lowest BCUT2D eigenvalue weighted by molar-refractivity contribution is 0.514.